The molecule has 1 saturated heterocycles. The molecule has 1 rings (SSSR count). The topological polar surface area (TPSA) is 36.3 Å². The van der Waals surface area contributed by atoms with Crippen molar-refractivity contribution < 1.29 is 4.74 Å². The third-order valence-electron chi connectivity index (χ3n) is 1.86. The molecule has 0 saturated carbocycles. The van der Waals surface area contributed by atoms with E-state index in [0.717, 1.165) is 19.5 Å². The van der Waals surface area contributed by atoms with Gasteiger partial charge in [0.05, 0.1) is 18.7 Å². The Morgan fingerprint density at radius 1 is 1.80 bits per heavy atom. The number of hydrogen-bond donors (Lipinski definition) is 0. The lowest BCUT2D eigenvalue weighted by Crippen LogP contribution is -2.22. The van der Waals surface area contributed by atoms with E-state index in [-0.39, 0.29) is 0 Å². The van der Waals surface area contributed by atoms with E-state index >= 15 is 0 Å². The molecule has 1 aliphatic rings. The molecule has 0 unspecified atom stereocenters. The van der Waals surface area contributed by atoms with Crippen LogP contribution < -0.4 is 0 Å². The first-order valence-electron chi connectivity index (χ1n) is 3.49. The zero-order valence-corrected chi connectivity index (χ0v) is 6.21. The molecule has 0 N–H and O–H groups in total. The lowest BCUT2D eigenvalue weighted by atomic mass is 10.3. The van der Waals surface area contributed by atoms with Crippen molar-refractivity contribution in [3.8, 4) is 6.07 Å². The molecule has 0 aromatic rings. The van der Waals surface area contributed by atoms with E-state index in [1.165, 1.54) is 0 Å². The minimum Gasteiger partial charge on any atom is -0.380 e. The minimum absolute atomic E-state index is 0.355. The molecule has 0 radical (unpaired) electrons. The highest BCUT2D eigenvalue weighted by atomic mass is 16.5. The molecule has 1 atom stereocenters. The second kappa shape index (κ2) is 3.55. The van der Waals surface area contributed by atoms with Crippen molar-refractivity contribution in [2.24, 2.45) is 0 Å². The van der Waals surface area contributed by atoms with E-state index in [4.69, 9.17) is 10.00 Å². The summed E-state index contributed by atoms with van der Waals surface area (Å²) < 4.78 is 5.14. The van der Waals surface area contributed by atoms with Gasteiger partial charge in [-0.3, -0.25) is 4.90 Å². The monoisotopic (exact) mass is 140 g/mol. The second-order valence-corrected chi connectivity index (χ2v) is 2.54. The zero-order chi connectivity index (χ0) is 7.40. The van der Waals surface area contributed by atoms with Gasteiger partial charge in [-0.25, -0.2) is 0 Å². The van der Waals surface area contributed by atoms with Gasteiger partial charge in [-0.05, 0) is 6.42 Å². The van der Waals surface area contributed by atoms with Crippen LogP contribution in [0.2, 0.25) is 0 Å². The van der Waals surface area contributed by atoms with E-state index in [0.29, 0.717) is 12.6 Å². The van der Waals surface area contributed by atoms with Crippen molar-refractivity contribution in [3.05, 3.63) is 0 Å². The molecule has 0 aromatic heterocycles. The summed E-state index contributed by atoms with van der Waals surface area (Å²) in [6.07, 6.45) is 1.42. The lowest BCUT2D eigenvalue weighted by Gasteiger charge is -2.09. The molecule has 1 aliphatic heterocycles. The van der Waals surface area contributed by atoms with Crippen LogP contribution in [0.15, 0.2) is 0 Å². The van der Waals surface area contributed by atoms with Crippen LogP contribution in [0, 0.1) is 11.3 Å². The highest BCUT2D eigenvalue weighted by Gasteiger charge is 2.20. The van der Waals surface area contributed by atoms with E-state index < -0.39 is 0 Å². The Bertz CT molecular complexity index is 141. The summed E-state index contributed by atoms with van der Waals surface area (Å²) in [5.74, 6) is 0. The highest BCUT2D eigenvalue weighted by Crippen LogP contribution is 2.10. The van der Waals surface area contributed by atoms with Crippen LogP contribution in [0.25, 0.3) is 0 Å². The molecule has 3 heteroatoms. The fourth-order valence-electron chi connectivity index (χ4n) is 1.23. The van der Waals surface area contributed by atoms with Crippen LogP contribution >= 0.6 is 0 Å². The van der Waals surface area contributed by atoms with Gasteiger partial charge in [0.1, 0.15) is 0 Å². The van der Waals surface area contributed by atoms with Gasteiger partial charge in [0.15, 0.2) is 0 Å². The zero-order valence-electron chi connectivity index (χ0n) is 6.21. The quantitative estimate of drug-likeness (QED) is 0.515. The van der Waals surface area contributed by atoms with Crippen LogP contribution in [0.1, 0.15) is 6.42 Å². The van der Waals surface area contributed by atoms with E-state index in [1.807, 2.05) is 0 Å². The number of nitriles is 1. The summed E-state index contributed by atoms with van der Waals surface area (Å²) in [5.41, 5.74) is 0. The van der Waals surface area contributed by atoms with Gasteiger partial charge in [-0.15, -0.1) is 0 Å². The number of nitrogens with zero attached hydrogens (tertiary/aromatic N) is 2. The summed E-state index contributed by atoms with van der Waals surface area (Å²) >= 11 is 0. The smallest absolute Gasteiger partial charge is 0.0866 e. The predicted molar refractivity (Wildman–Crippen MR) is 37.5 cm³/mol. The van der Waals surface area contributed by atoms with Crippen molar-refractivity contribution in [2.75, 3.05) is 26.7 Å². The van der Waals surface area contributed by atoms with Crippen LogP contribution in [0.3, 0.4) is 0 Å². The molecule has 0 spiro atoms. The van der Waals surface area contributed by atoms with E-state index in [1.54, 1.807) is 7.11 Å². The molecular weight excluding hydrogens is 128 g/mol. The number of rotatable bonds is 2. The second-order valence-electron chi connectivity index (χ2n) is 2.54. The van der Waals surface area contributed by atoms with Gasteiger partial charge >= 0.3 is 0 Å². The fourth-order valence-corrected chi connectivity index (χ4v) is 1.23. The Kier molecular flexibility index (Phi) is 2.67. The summed E-state index contributed by atoms with van der Waals surface area (Å²) in [5, 5.41) is 8.35. The Morgan fingerprint density at radius 2 is 2.60 bits per heavy atom. The largest absolute Gasteiger partial charge is 0.380 e. The third-order valence-corrected chi connectivity index (χ3v) is 1.86. The maximum atomic E-state index is 8.35. The average molecular weight is 140 g/mol. The summed E-state index contributed by atoms with van der Waals surface area (Å²) in [7, 11) is 1.72. The van der Waals surface area contributed by atoms with Gasteiger partial charge < -0.3 is 4.74 Å². The summed E-state index contributed by atoms with van der Waals surface area (Å²) in [6, 6.07) is 2.12. The molecule has 0 amide bonds. The Labute approximate surface area is 61.2 Å². The summed E-state index contributed by atoms with van der Waals surface area (Å²) in [4.78, 5) is 2.11. The Balaban J connectivity index is 2.23. The third kappa shape index (κ3) is 1.69. The summed E-state index contributed by atoms with van der Waals surface area (Å²) in [6.45, 7) is 2.47. The molecule has 10 heavy (non-hydrogen) atoms. The fraction of sp³-hybridized carbons (Fsp3) is 0.857. The first kappa shape index (κ1) is 7.52. The number of methoxy groups -OCH3 is 1. The first-order chi connectivity index (χ1) is 4.86. The van der Waals surface area contributed by atoms with Gasteiger partial charge in [-0.1, -0.05) is 0 Å². The molecular formula is C7H12N2O. The molecule has 1 fully saturated rings. The Morgan fingerprint density at radius 3 is 3.10 bits per heavy atom. The van der Waals surface area contributed by atoms with Gasteiger partial charge in [0, 0.05) is 20.2 Å². The van der Waals surface area contributed by atoms with Crippen LogP contribution in [-0.4, -0.2) is 37.7 Å². The number of ether oxygens (including phenoxy) is 1. The van der Waals surface area contributed by atoms with Gasteiger partial charge in [0.25, 0.3) is 0 Å². The highest BCUT2D eigenvalue weighted by molar-refractivity contribution is 4.83. The van der Waals surface area contributed by atoms with E-state index in [9.17, 15) is 0 Å². The average Bonchev–Trinajstić information content (AvgIpc) is 2.37. The Hall–Kier alpha value is -0.590. The van der Waals surface area contributed by atoms with Crippen LogP contribution in [0.4, 0.5) is 0 Å². The van der Waals surface area contributed by atoms with Crippen molar-refractivity contribution >= 4 is 0 Å². The van der Waals surface area contributed by atoms with Crippen LogP contribution in [-0.2, 0) is 4.74 Å². The molecule has 56 valence electrons. The normalized spacial score (nSPS) is 26.6. The molecule has 1 heterocycles. The molecule has 0 bridgehead atoms. The molecule has 3 nitrogen and oxygen atoms in total. The van der Waals surface area contributed by atoms with Crippen molar-refractivity contribution in [3.63, 3.8) is 0 Å². The van der Waals surface area contributed by atoms with Crippen molar-refractivity contribution in [2.45, 2.75) is 12.5 Å². The van der Waals surface area contributed by atoms with Gasteiger partial charge in [-0.2, -0.15) is 5.26 Å². The van der Waals surface area contributed by atoms with Crippen molar-refractivity contribution in [1.29, 1.82) is 5.26 Å². The lowest BCUT2D eigenvalue weighted by molar-refractivity contribution is 0.110. The molecule has 0 aromatic carbocycles. The SMILES string of the molecule is CO[C@H]1CCN(CC#N)C1. The maximum Gasteiger partial charge on any atom is 0.0866 e. The standard InChI is InChI=1S/C7H12N2O/c1-10-7-2-4-9(6-7)5-3-8/h7H,2,4-6H2,1H3/t7-/m0/s1. The van der Waals surface area contributed by atoms with Crippen LogP contribution in [0.5, 0.6) is 0 Å². The first-order valence-corrected chi connectivity index (χ1v) is 3.49. The number of hydrogen-bond acceptors (Lipinski definition) is 3. The molecule has 0 aliphatic carbocycles. The van der Waals surface area contributed by atoms with Crippen molar-refractivity contribution in [1.82, 2.24) is 4.90 Å². The van der Waals surface area contributed by atoms with Gasteiger partial charge in [0.2, 0.25) is 0 Å². The minimum atomic E-state index is 0.355. The van der Waals surface area contributed by atoms with E-state index in [2.05, 4.69) is 11.0 Å². The maximum absolute atomic E-state index is 8.35. The predicted octanol–water partition coefficient (Wildman–Crippen LogP) is 0.231. The number of likely N-dealkylation sites (tertiary alicyclic amines) is 1.